The quantitative estimate of drug-likeness (QED) is 0.841. The molecule has 0 aromatic heterocycles. The molecular formula is C16H19N2O3S+. The van der Waals surface area contributed by atoms with Crippen molar-refractivity contribution in [3.63, 3.8) is 0 Å². The minimum atomic E-state index is -0.186. The van der Waals surface area contributed by atoms with Gasteiger partial charge in [0.05, 0.1) is 18.1 Å². The molecule has 22 heavy (non-hydrogen) atoms. The Morgan fingerprint density at radius 1 is 1.23 bits per heavy atom. The van der Waals surface area contributed by atoms with Crippen LogP contribution in [0.2, 0.25) is 0 Å². The molecule has 1 aromatic rings. The second kappa shape index (κ2) is 6.64. The van der Waals surface area contributed by atoms with E-state index in [9.17, 15) is 9.59 Å². The molecule has 116 valence electrons. The number of carbonyl (C=O) groups is 2. The standard InChI is InChI=1S/C16H18N2O3S/c1-12-2-4-13(5-3-12)10-14-15(19)18(16(20)22-14)11-17-6-8-21-9-7-17/h2-5,10H,6-9,11H2,1H3/p+1/b14-10+. The number of hydrogen-bond acceptors (Lipinski definition) is 4. The number of nitrogens with one attached hydrogen (secondary N) is 1. The van der Waals surface area contributed by atoms with Gasteiger partial charge in [-0.25, -0.2) is 4.90 Å². The number of morpholine rings is 1. The molecule has 0 saturated carbocycles. The molecular weight excluding hydrogens is 300 g/mol. The third-order valence-corrected chi connectivity index (χ3v) is 4.74. The predicted molar refractivity (Wildman–Crippen MR) is 85.4 cm³/mol. The van der Waals surface area contributed by atoms with Crippen molar-refractivity contribution in [1.82, 2.24) is 4.90 Å². The minimum absolute atomic E-state index is 0.178. The summed E-state index contributed by atoms with van der Waals surface area (Å²) in [4.78, 5) is 27.6. The van der Waals surface area contributed by atoms with Crippen LogP contribution < -0.4 is 4.90 Å². The lowest BCUT2D eigenvalue weighted by molar-refractivity contribution is -0.915. The summed E-state index contributed by atoms with van der Waals surface area (Å²) >= 11 is 1.02. The smallest absolute Gasteiger partial charge is 0.298 e. The number of ether oxygens (including phenoxy) is 1. The van der Waals surface area contributed by atoms with Crippen molar-refractivity contribution >= 4 is 29.0 Å². The van der Waals surface area contributed by atoms with E-state index in [2.05, 4.69) is 0 Å². The van der Waals surface area contributed by atoms with E-state index in [0.717, 1.165) is 30.4 Å². The molecule has 1 N–H and O–H groups in total. The highest BCUT2D eigenvalue weighted by Crippen LogP contribution is 2.31. The van der Waals surface area contributed by atoms with Gasteiger partial charge in [-0.05, 0) is 30.3 Å². The topological polar surface area (TPSA) is 51.1 Å². The highest BCUT2D eigenvalue weighted by atomic mass is 32.2. The lowest BCUT2D eigenvalue weighted by Crippen LogP contribution is -3.15. The van der Waals surface area contributed by atoms with Gasteiger partial charge in [-0.15, -0.1) is 0 Å². The summed E-state index contributed by atoms with van der Waals surface area (Å²) in [7, 11) is 0. The van der Waals surface area contributed by atoms with Gasteiger partial charge in [0.2, 0.25) is 0 Å². The lowest BCUT2D eigenvalue weighted by Gasteiger charge is -2.26. The number of aryl methyl sites for hydroxylation is 1. The molecule has 6 heteroatoms. The monoisotopic (exact) mass is 319 g/mol. The van der Waals surface area contributed by atoms with Crippen LogP contribution in [0.25, 0.3) is 6.08 Å². The molecule has 2 fully saturated rings. The Bertz CT molecular complexity index is 606. The average molecular weight is 319 g/mol. The van der Waals surface area contributed by atoms with Crippen LogP contribution in [0.1, 0.15) is 11.1 Å². The molecule has 2 saturated heterocycles. The maximum Gasteiger partial charge on any atom is 0.298 e. The molecule has 0 atom stereocenters. The van der Waals surface area contributed by atoms with Crippen molar-refractivity contribution in [1.29, 1.82) is 0 Å². The maximum atomic E-state index is 12.4. The minimum Gasteiger partial charge on any atom is -0.370 e. The molecule has 1 aromatic carbocycles. The first-order chi connectivity index (χ1) is 10.6. The number of quaternary nitrogens is 1. The average Bonchev–Trinajstić information content (AvgIpc) is 2.78. The van der Waals surface area contributed by atoms with Crippen LogP contribution in [-0.2, 0) is 9.53 Å². The van der Waals surface area contributed by atoms with E-state index in [1.54, 1.807) is 6.08 Å². The fraction of sp³-hybridized carbons (Fsp3) is 0.375. The van der Waals surface area contributed by atoms with Crippen LogP contribution in [-0.4, -0.2) is 49.0 Å². The third-order valence-electron chi connectivity index (χ3n) is 3.83. The number of hydrogen-bond donors (Lipinski definition) is 1. The van der Waals surface area contributed by atoms with E-state index in [-0.39, 0.29) is 11.1 Å². The van der Waals surface area contributed by atoms with E-state index < -0.39 is 0 Å². The Kier molecular flexibility index (Phi) is 4.61. The maximum absolute atomic E-state index is 12.4. The van der Waals surface area contributed by atoms with Crippen LogP contribution in [0.5, 0.6) is 0 Å². The number of nitrogens with zero attached hydrogens (tertiary/aromatic N) is 1. The summed E-state index contributed by atoms with van der Waals surface area (Å²) in [5.74, 6) is -0.186. The predicted octanol–water partition coefficient (Wildman–Crippen LogP) is 0.904. The van der Waals surface area contributed by atoms with Crippen LogP contribution in [0, 0.1) is 6.92 Å². The summed E-state index contributed by atoms with van der Waals surface area (Å²) in [5, 5.41) is -0.178. The lowest BCUT2D eigenvalue weighted by atomic mass is 10.1. The molecule has 2 heterocycles. The van der Waals surface area contributed by atoms with Gasteiger partial charge in [0.15, 0.2) is 6.67 Å². The van der Waals surface area contributed by atoms with Gasteiger partial charge < -0.3 is 9.64 Å². The first-order valence-corrected chi connectivity index (χ1v) is 8.18. The number of amides is 2. The molecule has 5 nitrogen and oxygen atoms in total. The van der Waals surface area contributed by atoms with Crippen molar-refractivity contribution in [3.8, 4) is 0 Å². The number of imide groups is 1. The van der Waals surface area contributed by atoms with Gasteiger partial charge in [0.1, 0.15) is 13.1 Å². The SMILES string of the molecule is Cc1ccc(/C=C2/SC(=O)N(C[NH+]3CCOCC3)C2=O)cc1. The van der Waals surface area contributed by atoms with E-state index in [0.29, 0.717) is 24.8 Å². The van der Waals surface area contributed by atoms with E-state index in [4.69, 9.17) is 4.74 Å². The highest BCUT2D eigenvalue weighted by Gasteiger charge is 2.37. The molecule has 2 aliphatic heterocycles. The van der Waals surface area contributed by atoms with Gasteiger partial charge >= 0.3 is 0 Å². The van der Waals surface area contributed by atoms with Crippen molar-refractivity contribution < 1.29 is 19.2 Å². The molecule has 2 aliphatic rings. The van der Waals surface area contributed by atoms with Crippen molar-refractivity contribution in [2.24, 2.45) is 0 Å². The van der Waals surface area contributed by atoms with E-state index >= 15 is 0 Å². The number of benzene rings is 1. The number of thioether (sulfide) groups is 1. The number of carbonyl (C=O) groups excluding carboxylic acids is 2. The fourth-order valence-electron chi connectivity index (χ4n) is 2.49. The molecule has 0 aliphatic carbocycles. The normalized spacial score (nSPS) is 21.9. The first-order valence-electron chi connectivity index (χ1n) is 7.37. The molecule has 0 spiro atoms. The van der Waals surface area contributed by atoms with Crippen LogP contribution in [0.4, 0.5) is 4.79 Å². The summed E-state index contributed by atoms with van der Waals surface area (Å²) < 4.78 is 5.30. The molecule has 0 radical (unpaired) electrons. The van der Waals surface area contributed by atoms with Crippen LogP contribution >= 0.6 is 11.8 Å². The Morgan fingerprint density at radius 3 is 2.59 bits per heavy atom. The zero-order valence-corrected chi connectivity index (χ0v) is 13.3. The Morgan fingerprint density at radius 2 is 1.91 bits per heavy atom. The van der Waals surface area contributed by atoms with Gasteiger partial charge in [-0.3, -0.25) is 9.59 Å². The van der Waals surface area contributed by atoms with Gasteiger partial charge in [-0.2, -0.15) is 0 Å². The highest BCUT2D eigenvalue weighted by molar-refractivity contribution is 8.18. The second-order valence-corrected chi connectivity index (χ2v) is 6.53. The zero-order valence-electron chi connectivity index (χ0n) is 12.5. The van der Waals surface area contributed by atoms with Crippen molar-refractivity contribution in [2.75, 3.05) is 33.0 Å². The summed E-state index contributed by atoms with van der Waals surface area (Å²) in [6, 6.07) is 7.90. The van der Waals surface area contributed by atoms with Crippen molar-refractivity contribution in [2.45, 2.75) is 6.92 Å². The summed E-state index contributed by atoms with van der Waals surface area (Å²) in [6.45, 7) is 5.48. The van der Waals surface area contributed by atoms with E-state index in [1.165, 1.54) is 15.4 Å². The fourth-order valence-corrected chi connectivity index (χ4v) is 3.33. The van der Waals surface area contributed by atoms with Crippen LogP contribution in [0.15, 0.2) is 29.2 Å². The molecule has 3 rings (SSSR count). The summed E-state index contributed by atoms with van der Waals surface area (Å²) in [5.41, 5.74) is 2.11. The van der Waals surface area contributed by atoms with Gasteiger partial charge in [0.25, 0.3) is 11.1 Å². The van der Waals surface area contributed by atoms with Gasteiger partial charge in [0, 0.05) is 0 Å². The molecule has 0 bridgehead atoms. The Labute approximate surface area is 133 Å². The van der Waals surface area contributed by atoms with Gasteiger partial charge in [-0.1, -0.05) is 29.8 Å². The van der Waals surface area contributed by atoms with Crippen molar-refractivity contribution in [3.05, 3.63) is 40.3 Å². The molecule has 0 unspecified atom stereocenters. The molecule has 2 amide bonds. The zero-order chi connectivity index (χ0) is 15.5. The van der Waals surface area contributed by atoms with E-state index in [1.807, 2.05) is 31.2 Å². The van der Waals surface area contributed by atoms with Crippen LogP contribution in [0.3, 0.4) is 0 Å². The Hall–Kier alpha value is -1.63. The second-order valence-electron chi connectivity index (χ2n) is 5.54. The first kappa shape index (κ1) is 15.3. The number of rotatable bonds is 3. The largest absolute Gasteiger partial charge is 0.370 e. The summed E-state index contributed by atoms with van der Waals surface area (Å²) in [6.07, 6.45) is 1.79. The Balaban J connectivity index is 1.71. The third kappa shape index (κ3) is 3.40.